The average molecular weight is 136 g/mol. The lowest BCUT2D eigenvalue weighted by Crippen LogP contribution is -2.25. The molecule has 0 saturated carbocycles. The molecule has 0 unspecified atom stereocenters. The molecule has 0 spiro atoms. The quantitative estimate of drug-likeness (QED) is 0.251. The Morgan fingerprint density at radius 2 is 1.44 bits per heavy atom. The van der Waals surface area contributed by atoms with Gasteiger partial charge in [-0.15, -0.1) is 0 Å². The van der Waals surface area contributed by atoms with Crippen molar-refractivity contribution >= 4 is 0 Å². The predicted molar refractivity (Wildman–Crippen MR) is 31.3 cm³/mol. The SMILES string of the molecule is OCNCOCNCO. The molecule has 9 heavy (non-hydrogen) atoms. The van der Waals surface area contributed by atoms with Crippen LogP contribution in [0.5, 0.6) is 0 Å². The number of hydrogen-bond acceptors (Lipinski definition) is 5. The van der Waals surface area contributed by atoms with Gasteiger partial charge in [0.2, 0.25) is 0 Å². The van der Waals surface area contributed by atoms with E-state index in [1.807, 2.05) is 0 Å². The van der Waals surface area contributed by atoms with E-state index in [-0.39, 0.29) is 26.9 Å². The van der Waals surface area contributed by atoms with Gasteiger partial charge < -0.3 is 14.9 Å². The Balaban J connectivity index is 2.60. The fourth-order valence-electron chi connectivity index (χ4n) is 0.287. The van der Waals surface area contributed by atoms with Gasteiger partial charge in [0.1, 0.15) is 0 Å². The maximum atomic E-state index is 8.16. The molecule has 0 heterocycles. The minimum atomic E-state index is -0.0981. The van der Waals surface area contributed by atoms with Crippen molar-refractivity contribution in [2.75, 3.05) is 26.9 Å². The number of aliphatic hydroxyl groups is 2. The highest BCUT2D eigenvalue weighted by atomic mass is 16.5. The van der Waals surface area contributed by atoms with Gasteiger partial charge in [-0.2, -0.15) is 0 Å². The number of nitrogens with one attached hydrogen (secondary N) is 2. The zero-order chi connectivity index (χ0) is 6.95. The van der Waals surface area contributed by atoms with E-state index in [4.69, 9.17) is 14.9 Å². The molecular formula is C4H12N2O3. The third kappa shape index (κ3) is 7.80. The second-order valence-corrected chi connectivity index (χ2v) is 1.31. The summed E-state index contributed by atoms with van der Waals surface area (Å²) in [5.41, 5.74) is 0. The first-order chi connectivity index (χ1) is 4.41. The van der Waals surface area contributed by atoms with Crippen molar-refractivity contribution in [3.63, 3.8) is 0 Å². The predicted octanol–water partition coefficient (Wildman–Crippen LogP) is -2.00. The lowest BCUT2D eigenvalue weighted by Gasteiger charge is -2.02. The smallest absolute Gasteiger partial charge is 0.1000 e. The Morgan fingerprint density at radius 1 is 1.00 bits per heavy atom. The summed E-state index contributed by atoms with van der Waals surface area (Å²) in [6.45, 7) is 0.366. The molecule has 0 aliphatic carbocycles. The van der Waals surface area contributed by atoms with Gasteiger partial charge in [0.05, 0.1) is 26.9 Å². The number of hydrogen-bond donors (Lipinski definition) is 4. The summed E-state index contributed by atoms with van der Waals surface area (Å²) in [7, 11) is 0. The van der Waals surface area contributed by atoms with Crippen LogP contribution in [-0.2, 0) is 4.74 Å². The molecule has 5 heteroatoms. The first-order valence-electron chi connectivity index (χ1n) is 2.62. The zero-order valence-corrected chi connectivity index (χ0v) is 5.13. The molecule has 0 amide bonds. The summed E-state index contributed by atoms with van der Waals surface area (Å²) in [6, 6.07) is 0. The molecule has 0 aliphatic heterocycles. The second-order valence-electron chi connectivity index (χ2n) is 1.31. The van der Waals surface area contributed by atoms with Gasteiger partial charge in [-0.3, -0.25) is 10.6 Å². The van der Waals surface area contributed by atoms with Crippen LogP contribution in [0, 0.1) is 0 Å². The van der Waals surface area contributed by atoms with Gasteiger partial charge in [-0.25, -0.2) is 0 Å². The van der Waals surface area contributed by atoms with Gasteiger partial charge in [0.25, 0.3) is 0 Å². The molecular weight excluding hydrogens is 124 g/mol. The van der Waals surface area contributed by atoms with Crippen LogP contribution in [0.4, 0.5) is 0 Å². The van der Waals surface area contributed by atoms with Crippen molar-refractivity contribution in [3.05, 3.63) is 0 Å². The van der Waals surface area contributed by atoms with Gasteiger partial charge in [0, 0.05) is 0 Å². The maximum Gasteiger partial charge on any atom is 0.1000 e. The van der Waals surface area contributed by atoms with Crippen LogP contribution >= 0.6 is 0 Å². The fourth-order valence-corrected chi connectivity index (χ4v) is 0.287. The maximum absolute atomic E-state index is 8.16. The Morgan fingerprint density at radius 3 is 1.78 bits per heavy atom. The lowest BCUT2D eigenvalue weighted by molar-refractivity contribution is 0.0664. The number of rotatable bonds is 6. The van der Waals surface area contributed by atoms with Crippen molar-refractivity contribution in [3.8, 4) is 0 Å². The van der Waals surface area contributed by atoms with Crippen molar-refractivity contribution in [1.82, 2.24) is 10.6 Å². The average Bonchev–Trinajstić information content (AvgIpc) is 1.89. The summed E-state index contributed by atoms with van der Waals surface area (Å²) in [6.07, 6.45) is 0. The van der Waals surface area contributed by atoms with E-state index in [1.54, 1.807) is 0 Å². The van der Waals surface area contributed by atoms with Crippen LogP contribution in [0.1, 0.15) is 0 Å². The van der Waals surface area contributed by atoms with Crippen molar-refractivity contribution in [1.29, 1.82) is 0 Å². The molecule has 4 N–H and O–H groups in total. The van der Waals surface area contributed by atoms with Crippen LogP contribution in [0.3, 0.4) is 0 Å². The summed E-state index contributed by atoms with van der Waals surface area (Å²) in [4.78, 5) is 0. The van der Waals surface area contributed by atoms with Crippen LogP contribution in [0.2, 0.25) is 0 Å². The van der Waals surface area contributed by atoms with E-state index in [1.165, 1.54) is 0 Å². The normalized spacial score (nSPS) is 10.0. The monoisotopic (exact) mass is 136 g/mol. The van der Waals surface area contributed by atoms with Crippen molar-refractivity contribution in [2.45, 2.75) is 0 Å². The highest BCUT2D eigenvalue weighted by Crippen LogP contribution is 1.63. The summed E-state index contributed by atoms with van der Waals surface area (Å²) in [5, 5.41) is 21.4. The largest absolute Gasteiger partial charge is 0.381 e. The minimum absolute atomic E-state index is 0.0981. The molecule has 0 aromatic carbocycles. The first kappa shape index (κ1) is 8.80. The Hall–Kier alpha value is -0.200. The van der Waals surface area contributed by atoms with Crippen LogP contribution < -0.4 is 10.6 Å². The number of ether oxygens (including phenoxy) is 1. The molecule has 0 atom stereocenters. The van der Waals surface area contributed by atoms with Crippen molar-refractivity contribution < 1.29 is 14.9 Å². The van der Waals surface area contributed by atoms with E-state index < -0.39 is 0 Å². The molecule has 0 aromatic rings. The van der Waals surface area contributed by atoms with E-state index in [0.717, 1.165) is 0 Å². The Bertz CT molecular complexity index is 47.1. The molecule has 0 fully saturated rings. The zero-order valence-electron chi connectivity index (χ0n) is 5.13. The van der Waals surface area contributed by atoms with Gasteiger partial charge in [-0.05, 0) is 0 Å². The molecule has 0 saturated heterocycles. The third-order valence-electron chi connectivity index (χ3n) is 0.632. The first-order valence-corrected chi connectivity index (χ1v) is 2.62. The van der Waals surface area contributed by atoms with E-state index in [9.17, 15) is 0 Å². The highest BCUT2D eigenvalue weighted by molar-refractivity contribution is 4.23. The Labute approximate surface area is 53.6 Å². The molecule has 0 radical (unpaired) electrons. The third-order valence-corrected chi connectivity index (χ3v) is 0.632. The van der Waals surface area contributed by atoms with Gasteiger partial charge in [0.15, 0.2) is 0 Å². The highest BCUT2D eigenvalue weighted by Gasteiger charge is 1.81. The molecule has 0 aliphatic rings. The summed E-state index contributed by atoms with van der Waals surface area (Å²) < 4.78 is 4.77. The summed E-state index contributed by atoms with van der Waals surface area (Å²) in [5.74, 6) is 0. The van der Waals surface area contributed by atoms with E-state index in [2.05, 4.69) is 10.6 Å². The van der Waals surface area contributed by atoms with Crippen LogP contribution in [0.15, 0.2) is 0 Å². The van der Waals surface area contributed by atoms with Crippen LogP contribution in [-0.4, -0.2) is 37.1 Å². The van der Waals surface area contributed by atoms with Crippen molar-refractivity contribution in [2.24, 2.45) is 0 Å². The van der Waals surface area contributed by atoms with Gasteiger partial charge in [-0.1, -0.05) is 0 Å². The molecule has 0 bridgehead atoms. The lowest BCUT2D eigenvalue weighted by atomic mass is 11.0. The molecule has 0 aromatic heterocycles. The standard InChI is InChI=1S/C4H12N2O3/c7-1-5-3-9-4-6-2-8/h5-8H,1-4H2. The topological polar surface area (TPSA) is 73.8 Å². The minimum Gasteiger partial charge on any atom is -0.381 e. The van der Waals surface area contributed by atoms with E-state index >= 15 is 0 Å². The fraction of sp³-hybridized carbons (Fsp3) is 1.00. The van der Waals surface area contributed by atoms with Gasteiger partial charge >= 0.3 is 0 Å². The van der Waals surface area contributed by atoms with E-state index in [0.29, 0.717) is 0 Å². The molecule has 5 nitrogen and oxygen atoms in total. The molecule has 0 rings (SSSR count). The second kappa shape index (κ2) is 7.80. The summed E-state index contributed by atoms with van der Waals surface area (Å²) >= 11 is 0. The Kier molecular flexibility index (Phi) is 7.63. The number of aliphatic hydroxyl groups excluding tert-OH is 2. The van der Waals surface area contributed by atoms with Crippen LogP contribution in [0.25, 0.3) is 0 Å². The molecule has 56 valence electrons.